The fourth-order valence-corrected chi connectivity index (χ4v) is 20.0. The first-order valence-electron chi connectivity index (χ1n) is 50.5. The Balaban J connectivity index is 0.000000174. The van der Waals surface area contributed by atoms with Crippen molar-refractivity contribution in [3.63, 3.8) is 0 Å². The van der Waals surface area contributed by atoms with E-state index in [1.165, 1.54) is 26.7 Å². The number of alkyl halides is 3. The molecular formula is C118H135F3N12O14. The van der Waals surface area contributed by atoms with Gasteiger partial charge >= 0.3 is 18.1 Å². The predicted octanol–water partition coefficient (Wildman–Crippen LogP) is 20.9. The molecule has 7 atom stereocenters. The number of carboxylic acid groups (broad SMARTS) is 2. The molecule has 15 rings (SSSR count). The van der Waals surface area contributed by atoms with Gasteiger partial charge in [-0.25, -0.2) is 0 Å². The number of aliphatic carboxylic acids is 2. The monoisotopic (exact) mass is 2000 g/mol. The Morgan fingerprint density at radius 3 is 1.18 bits per heavy atom. The van der Waals surface area contributed by atoms with Gasteiger partial charge in [-0.2, -0.15) is 13.2 Å². The Morgan fingerprint density at radius 2 is 0.803 bits per heavy atom. The van der Waals surface area contributed by atoms with Crippen LogP contribution in [0.2, 0.25) is 0 Å². The number of nitrogens with one attached hydrogen (secondary N) is 4. The van der Waals surface area contributed by atoms with Crippen LogP contribution >= 0.6 is 0 Å². The molecule has 0 spiro atoms. The van der Waals surface area contributed by atoms with Crippen molar-refractivity contribution in [3.05, 3.63) is 312 Å². The van der Waals surface area contributed by atoms with Gasteiger partial charge < -0.3 is 50.7 Å². The molecule has 26 nitrogen and oxygen atoms in total. The number of carbonyl (C=O) groups is 11. The van der Waals surface area contributed by atoms with Gasteiger partial charge in [0.1, 0.15) is 36.2 Å². The predicted molar refractivity (Wildman–Crippen MR) is 561 cm³/mol. The number of anilines is 1. The molecular weight excluding hydrogens is 1870 g/mol. The van der Waals surface area contributed by atoms with E-state index in [1.54, 1.807) is 58.1 Å². The summed E-state index contributed by atoms with van der Waals surface area (Å²) < 4.78 is 40.3. The molecule has 6 N–H and O–H groups in total. The zero-order valence-corrected chi connectivity index (χ0v) is 86.7. The van der Waals surface area contributed by atoms with Crippen LogP contribution in [0, 0.1) is 79.1 Å². The lowest BCUT2D eigenvalue weighted by atomic mass is 9.94. The summed E-state index contributed by atoms with van der Waals surface area (Å²) in [7, 11) is 0. The molecule has 7 amide bonds. The van der Waals surface area contributed by atoms with E-state index in [0.717, 1.165) is 153 Å². The number of likely N-dealkylation sites (tertiary alicyclic amines) is 1. The van der Waals surface area contributed by atoms with Gasteiger partial charge in [0.15, 0.2) is 0 Å². The number of pyridine rings is 5. The van der Waals surface area contributed by atoms with Crippen LogP contribution in [0.4, 0.5) is 18.9 Å². The smallest absolute Gasteiger partial charge is 0.416 e. The SMILES string of the molecule is CC(=O)C[C@H](NC(=O)[C@H](CC(C)C)N1Cc2ccccc2C1=O)c1cncc(-c2c(C)cccc2C)c1.CC(=O)C[C@H](NC(=O)[C@H](CC(C)C)n1ccc(C(F)(F)F)cc1=O)c1cncc(-c2c(C)cccc2C)c1.Cc1cccc(C)c1-c1cncc([C@H](CC(=O)O)NC(=O)C(CC(C)C)N2CCCCC2=O)c1.Cc1cccc(C)c1-c1cncc([C@H](CC(=O)O)NC(=O)CN2C(=O)CCc3cccc(CC4CC4)c32)c1. The fourth-order valence-electron chi connectivity index (χ4n) is 20.0. The fraction of sp³-hybridized carbons (Fsp3) is 0.390. The second-order valence-electron chi connectivity index (χ2n) is 40.7. The highest BCUT2D eigenvalue weighted by atomic mass is 19.4. The minimum absolute atomic E-state index is 0.0134. The number of hydrogen-bond donors (Lipinski definition) is 6. The van der Waals surface area contributed by atoms with E-state index in [0.29, 0.717) is 79.4 Å². The Hall–Kier alpha value is -14.8. The van der Waals surface area contributed by atoms with Crippen molar-refractivity contribution < 1.29 is 76.1 Å². The maximum atomic E-state index is 13.8. The number of halogens is 3. The molecule has 1 unspecified atom stereocenters. The van der Waals surface area contributed by atoms with Gasteiger partial charge in [0.2, 0.25) is 35.4 Å². The number of nitrogens with zero attached hydrogens (tertiary/aromatic N) is 8. The van der Waals surface area contributed by atoms with Crippen LogP contribution in [-0.2, 0) is 73.5 Å². The summed E-state index contributed by atoms with van der Waals surface area (Å²) in [5, 5.41) is 31.0. The number of carbonyl (C=O) groups excluding carboxylic acids is 9. The van der Waals surface area contributed by atoms with Crippen molar-refractivity contribution in [3.8, 4) is 44.5 Å². The van der Waals surface area contributed by atoms with Crippen LogP contribution in [0.15, 0.2) is 212 Å². The normalized spacial score (nSPS) is 14.8. The van der Waals surface area contributed by atoms with Crippen molar-refractivity contribution in [2.75, 3.05) is 18.0 Å². The molecule has 1 aliphatic carbocycles. The second-order valence-corrected chi connectivity index (χ2v) is 40.7. The number of para-hydroxylation sites is 1. The quantitative estimate of drug-likeness (QED) is 0.0212. The van der Waals surface area contributed by atoms with E-state index in [9.17, 15) is 80.9 Å². The van der Waals surface area contributed by atoms with E-state index >= 15 is 0 Å². The molecule has 4 aliphatic rings. The van der Waals surface area contributed by atoms with Gasteiger partial charge in [-0.15, -0.1) is 0 Å². The van der Waals surface area contributed by atoms with E-state index in [2.05, 4.69) is 73.2 Å². The third kappa shape index (κ3) is 29.6. The Bertz CT molecular complexity index is 6660. The van der Waals surface area contributed by atoms with Gasteiger partial charge in [0.05, 0.1) is 48.3 Å². The van der Waals surface area contributed by atoms with Crippen LogP contribution in [-0.4, -0.2) is 135 Å². The van der Waals surface area contributed by atoms with E-state index in [4.69, 9.17) is 0 Å². The Labute approximate surface area is 858 Å². The van der Waals surface area contributed by atoms with Gasteiger partial charge in [-0.3, -0.25) is 77.5 Å². The minimum Gasteiger partial charge on any atom is -0.481 e. The molecule has 1 saturated carbocycles. The summed E-state index contributed by atoms with van der Waals surface area (Å²) in [5.41, 5.74) is 21.7. The topological polar surface area (TPSA) is 360 Å². The summed E-state index contributed by atoms with van der Waals surface area (Å²) in [5.74, 6) is -2.98. The molecule has 147 heavy (non-hydrogen) atoms. The van der Waals surface area contributed by atoms with Gasteiger partial charge in [-0.05, 0) is 293 Å². The Kier molecular flexibility index (Phi) is 38.0. The molecule has 6 aromatic carbocycles. The van der Waals surface area contributed by atoms with Crippen LogP contribution in [0.1, 0.15) is 268 Å². The number of piperidine rings is 1. The lowest BCUT2D eigenvalue weighted by Gasteiger charge is -2.35. The van der Waals surface area contributed by atoms with Crippen molar-refractivity contribution >= 4 is 70.5 Å². The first kappa shape index (κ1) is 111. The van der Waals surface area contributed by atoms with E-state index < -0.39 is 83.3 Å². The number of aromatic nitrogens is 5. The zero-order valence-electron chi connectivity index (χ0n) is 86.7. The van der Waals surface area contributed by atoms with Crippen LogP contribution in [0.5, 0.6) is 0 Å². The molecule has 29 heteroatoms. The number of carboxylic acids is 2. The number of rotatable bonds is 36. The summed E-state index contributed by atoms with van der Waals surface area (Å²) in [6, 6.07) is 41.6. The number of benzene rings is 6. The van der Waals surface area contributed by atoms with Crippen LogP contribution in [0.25, 0.3) is 44.5 Å². The molecule has 5 aromatic heterocycles. The first-order chi connectivity index (χ1) is 69.9. The van der Waals surface area contributed by atoms with Crippen molar-refractivity contribution in [1.82, 2.24) is 55.6 Å². The summed E-state index contributed by atoms with van der Waals surface area (Å²) >= 11 is 0. The number of hydrogen-bond acceptors (Lipinski definition) is 16. The van der Waals surface area contributed by atoms with Gasteiger partial charge in [-0.1, -0.05) is 151 Å². The lowest BCUT2D eigenvalue weighted by molar-refractivity contribution is -0.144. The molecule has 772 valence electrons. The highest BCUT2D eigenvalue weighted by Crippen LogP contribution is 2.42. The molecule has 0 radical (unpaired) electrons. The standard InChI is InChI=1S/C31H33N3O4.C31H35N3O3.C29H32F3N3O3.C27H35N3O4/c1-19-5-3-6-20(2)30(19)25-14-24(16-32-17-25)26(15-29(37)38)33-27(35)18-34-28(36)12-11-22-7-4-8-23(31(22)34)13-21-9-10-21;1-19(2)13-28(34-18-23-11-6-7-12-26(23)31(34)37)30(36)33-27(14-22(5)35)24-15-25(17-32-16-24)29-20(3)9-8-10-21(29)4;1-17(2)11-25(35-10-9-23(14-26(35)37)29(30,31)32)28(38)34-24(12-20(5)36)21-13-22(16-33-15-21)27-18(3)7-6-8-19(27)4;1-17(2)12-23(30-11-6-5-10-24(30)31)27(34)29-22(14-25(32)33)20-13-21(16-28-15-20)26-18(3)8-7-9-19(26)4/h3-8,14,16-17,21,26H,9-13,15,18H2,1-2H3,(H,33,35)(H,37,38);6-12,15-17,19,27-28H,13-14,18H2,1-5H3,(H,33,36);6-10,13-17,24-25H,11-12H2,1-5H3,(H,34,38);7-9,13,15-17,22-23H,5-6,10-12,14H2,1-4H3,(H,29,34)(H,32,33)/t26-;27-,28-;24-,25-;22-,23?/m0000/s1. The largest absolute Gasteiger partial charge is 0.481 e. The van der Waals surface area contributed by atoms with Gasteiger partial charge in [0, 0.05) is 128 Å². The van der Waals surface area contributed by atoms with E-state index in [1.807, 2.05) is 211 Å². The van der Waals surface area contributed by atoms with Crippen molar-refractivity contribution in [2.45, 2.75) is 262 Å². The average Bonchev–Trinajstić information content (AvgIpc) is 1.72. The molecule has 2 fully saturated rings. The van der Waals surface area contributed by atoms with Crippen molar-refractivity contribution in [2.24, 2.45) is 23.7 Å². The molecule has 3 aliphatic heterocycles. The molecule has 8 heterocycles. The Morgan fingerprint density at radius 1 is 0.422 bits per heavy atom. The molecule has 0 bridgehead atoms. The lowest BCUT2D eigenvalue weighted by Crippen LogP contribution is -2.52. The summed E-state index contributed by atoms with van der Waals surface area (Å²) in [4.78, 5) is 176. The van der Waals surface area contributed by atoms with Crippen molar-refractivity contribution in [1.29, 1.82) is 0 Å². The minimum atomic E-state index is -4.67. The average molecular weight is 2000 g/mol. The highest BCUT2D eigenvalue weighted by molar-refractivity contribution is 6.03. The first-order valence-corrected chi connectivity index (χ1v) is 50.5. The van der Waals surface area contributed by atoms with Gasteiger partial charge in [0.25, 0.3) is 11.5 Å². The van der Waals surface area contributed by atoms with Crippen LogP contribution < -0.4 is 31.7 Å². The zero-order chi connectivity index (χ0) is 107. The third-order valence-electron chi connectivity index (χ3n) is 27.2. The summed E-state index contributed by atoms with van der Waals surface area (Å²) in [6.07, 6.45) is 17.2. The second kappa shape index (κ2) is 50.4. The van der Waals surface area contributed by atoms with E-state index in [-0.39, 0.29) is 97.5 Å². The third-order valence-corrected chi connectivity index (χ3v) is 27.2. The number of ketones is 2. The molecule has 1 saturated heterocycles. The maximum absolute atomic E-state index is 13.8. The number of aryl methyl sites for hydroxylation is 9. The number of fused-ring (bicyclic) bond motifs is 2. The highest BCUT2D eigenvalue weighted by Gasteiger charge is 2.41. The number of Topliss-reactive ketones (excluding diaryl/α,β-unsaturated/α-hetero) is 2. The number of amides is 7. The molecule has 11 aromatic rings. The van der Waals surface area contributed by atoms with Crippen LogP contribution in [0.3, 0.4) is 0 Å². The maximum Gasteiger partial charge on any atom is 0.416 e. The summed E-state index contributed by atoms with van der Waals surface area (Å²) in [6.45, 7) is 31.7.